The fraction of sp³-hybridized carbons (Fsp3) is 0.188. The molecule has 0 amide bonds. The molecule has 190 valence electrons. The summed E-state index contributed by atoms with van der Waals surface area (Å²) in [6, 6.07) is 24.9. The molecule has 0 N–H and O–H groups in total. The zero-order valence-corrected chi connectivity index (χ0v) is 22.0. The predicted molar refractivity (Wildman–Crippen MR) is 152 cm³/mol. The average Bonchev–Trinajstić information content (AvgIpc) is 3.00. The van der Waals surface area contributed by atoms with Crippen LogP contribution in [0.1, 0.15) is 25.0 Å². The summed E-state index contributed by atoms with van der Waals surface area (Å²) in [5.74, 6) is 11.8. The zero-order chi connectivity index (χ0) is 29.3. The van der Waals surface area contributed by atoms with Gasteiger partial charge in [-0.15, -0.1) is 0 Å². The Bertz CT molecular complexity index is 1520. The summed E-state index contributed by atoms with van der Waals surface area (Å²) < 4.78 is 0. The maximum atomic E-state index is 9.33. The number of hydrogen-bond donors (Lipinski definition) is 0. The molecule has 0 unspecified atom stereocenters. The lowest BCUT2D eigenvalue weighted by Gasteiger charge is -2.20. The molecule has 0 aliphatic heterocycles. The molecule has 0 saturated carbocycles. The Morgan fingerprint density at radius 1 is 0.525 bits per heavy atom. The van der Waals surface area contributed by atoms with E-state index >= 15 is 0 Å². The van der Waals surface area contributed by atoms with Crippen LogP contribution in [0.25, 0.3) is 11.1 Å². The van der Waals surface area contributed by atoms with Crippen LogP contribution in [0.3, 0.4) is 0 Å². The average molecular weight is 519 g/mol. The van der Waals surface area contributed by atoms with Crippen molar-refractivity contribution in [1.82, 2.24) is 0 Å². The van der Waals surface area contributed by atoms with E-state index in [0.29, 0.717) is 37.3 Å². The molecule has 0 aliphatic rings. The highest BCUT2D eigenvalue weighted by Crippen LogP contribution is 2.23. The van der Waals surface area contributed by atoms with Gasteiger partial charge in [-0.2, -0.15) is 31.6 Å². The summed E-state index contributed by atoms with van der Waals surface area (Å²) in [6.45, 7) is 6.24. The van der Waals surface area contributed by atoms with Crippen LogP contribution in [-0.4, -0.2) is 26.2 Å². The lowest BCUT2D eigenvalue weighted by molar-refractivity contribution is 0.917. The molecule has 0 fully saturated rings. The number of benzene rings is 2. The van der Waals surface area contributed by atoms with E-state index in [1.807, 2.05) is 60.1 Å². The van der Waals surface area contributed by atoms with Gasteiger partial charge in [-0.25, -0.2) is 0 Å². The van der Waals surface area contributed by atoms with Crippen molar-refractivity contribution in [2.75, 3.05) is 36.0 Å². The number of hydrogen-bond acceptors (Lipinski definition) is 8. The highest BCUT2D eigenvalue weighted by atomic mass is 15.1. The summed E-state index contributed by atoms with van der Waals surface area (Å²) >= 11 is 0. The molecule has 0 aliphatic carbocycles. The molecule has 8 nitrogen and oxygen atoms in total. The largest absolute Gasteiger partial charge is 0.361 e. The van der Waals surface area contributed by atoms with E-state index in [-0.39, 0.29) is 22.3 Å². The minimum atomic E-state index is -0.222. The van der Waals surface area contributed by atoms with Crippen molar-refractivity contribution in [3.63, 3.8) is 0 Å². The first-order valence-corrected chi connectivity index (χ1v) is 12.1. The van der Waals surface area contributed by atoms with E-state index in [1.54, 1.807) is 48.5 Å². The summed E-state index contributed by atoms with van der Waals surface area (Å²) in [5.41, 5.74) is 2.42. The number of anilines is 2. The van der Waals surface area contributed by atoms with Crippen LogP contribution in [0.5, 0.6) is 0 Å². The molecule has 0 saturated heterocycles. The van der Waals surface area contributed by atoms with Gasteiger partial charge in [-0.1, -0.05) is 36.1 Å². The third-order valence-electron chi connectivity index (χ3n) is 5.76. The van der Waals surface area contributed by atoms with E-state index in [4.69, 9.17) is 21.0 Å². The van der Waals surface area contributed by atoms with Crippen LogP contribution in [-0.2, 0) is 0 Å². The number of rotatable bonds is 8. The van der Waals surface area contributed by atoms with E-state index in [2.05, 4.69) is 23.7 Å². The molecule has 0 atom stereocenters. The summed E-state index contributed by atoms with van der Waals surface area (Å²) in [5, 5.41) is 54.9. The van der Waals surface area contributed by atoms with Crippen LogP contribution in [0.15, 0.2) is 59.7 Å². The van der Waals surface area contributed by atoms with Gasteiger partial charge in [-0.3, -0.25) is 0 Å². The van der Waals surface area contributed by atoms with Crippen LogP contribution in [0.4, 0.5) is 11.4 Å². The molecule has 40 heavy (non-hydrogen) atoms. The molecule has 2 rings (SSSR count). The topological polar surface area (TPSA) is 149 Å². The van der Waals surface area contributed by atoms with Crippen molar-refractivity contribution >= 4 is 22.5 Å². The number of allylic oxidation sites excluding steroid dienone is 4. The highest BCUT2D eigenvalue weighted by Gasteiger charge is 2.11. The second kappa shape index (κ2) is 15.6. The van der Waals surface area contributed by atoms with Gasteiger partial charge in [0.2, 0.25) is 0 Å². The minimum absolute atomic E-state index is 0.0441. The van der Waals surface area contributed by atoms with Crippen molar-refractivity contribution in [1.29, 1.82) is 31.6 Å². The normalized spacial score (nSPS) is 8.60. The van der Waals surface area contributed by atoms with E-state index in [0.717, 1.165) is 11.4 Å². The van der Waals surface area contributed by atoms with Gasteiger partial charge in [0, 0.05) is 24.5 Å². The predicted octanol–water partition coefficient (Wildman–Crippen LogP) is 4.69. The lowest BCUT2D eigenvalue weighted by Crippen LogP contribution is -2.23. The van der Waals surface area contributed by atoms with Gasteiger partial charge >= 0.3 is 0 Å². The van der Waals surface area contributed by atoms with Gasteiger partial charge in [-0.05, 0) is 61.1 Å². The van der Waals surface area contributed by atoms with E-state index in [1.165, 1.54) is 0 Å². The van der Waals surface area contributed by atoms with Crippen LogP contribution in [0, 0.1) is 91.7 Å². The first-order valence-electron chi connectivity index (χ1n) is 12.1. The van der Waals surface area contributed by atoms with E-state index < -0.39 is 0 Å². The second-order valence-electron chi connectivity index (χ2n) is 7.90. The van der Waals surface area contributed by atoms with Crippen LogP contribution >= 0.6 is 0 Å². The minimum Gasteiger partial charge on any atom is -0.361 e. The van der Waals surface area contributed by atoms with Crippen LogP contribution in [0.2, 0.25) is 0 Å². The van der Waals surface area contributed by atoms with Crippen LogP contribution < -0.4 is 9.80 Å². The molecular formula is C32H22N8. The summed E-state index contributed by atoms with van der Waals surface area (Å²) in [7, 11) is 0. The Kier molecular flexibility index (Phi) is 11.7. The van der Waals surface area contributed by atoms with Crippen molar-refractivity contribution in [3.8, 4) is 60.1 Å². The summed E-state index contributed by atoms with van der Waals surface area (Å²) in [4.78, 5) is 4.05. The zero-order valence-electron chi connectivity index (χ0n) is 22.0. The monoisotopic (exact) mass is 518 g/mol. The first kappa shape index (κ1) is 29.8. The molecule has 2 aromatic rings. The van der Waals surface area contributed by atoms with Crippen molar-refractivity contribution in [3.05, 3.63) is 70.8 Å². The van der Waals surface area contributed by atoms with Crippen molar-refractivity contribution in [2.24, 2.45) is 0 Å². The maximum absolute atomic E-state index is 9.33. The fourth-order valence-corrected chi connectivity index (χ4v) is 3.61. The molecule has 0 bridgehead atoms. The van der Waals surface area contributed by atoms with Gasteiger partial charge in [0.1, 0.15) is 47.6 Å². The molecule has 0 heterocycles. The maximum Gasteiger partial charge on any atom is 0.148 e. The second-order valence-corrected chi connectivity index (χ2v) is 7.90. The highest BCUT2D eigenvalue weighted by molar-refractivity contribution is 5.85. The third-order valence-corrected chi connectivity index (χ3v) is 5.76. The molecule has 2 aromatic carbocycles. The SMILES string of the molecule is CCN(CC#CC#CCN(CC)c1ccc(C(C#N)=C(C#N)C#N)cc1)c1ccc(C(C#N)=C(C#N)C#N)cc1. The van der Waals surface area contributed by atoms with Gasteiger partial charge < -0.3 is 9.80 Å². The fourth-order valence-electron chi connectivity index (χ4n) is 3.61. The van der Waals surface area contributed by atoms with Crippen molar-refractivity contribution in [2.45, 2.75) is 13.8 Å². The Morgan fingerprint density at radius 2 is 0.850 bits per heavy atom. The first-order chi connectivity index (χ1) is 19.5. The molecule has 0 radical (unpaired) electrons. The Labute approximate surface area is 234 Å². The lowest BCUT2D eigenvalue weighted by atomic mass is 10.0. The smallest absolute Gasteiger partial charge is 0.148 e. The van der Waals surface area contributed by atoms with Gasteiger partial charge in [0.25, 0.3) is 0 Å². The van der Waals surface area contributed by atoms with Gasteiger partial charge in [0.15, 0.2) is 0 Å². The number of nitriles is 6. The molecule has 0 spiro atoms. The Morgan fingerprint density at radius 3 is 1.10 bits per heavy atom. The third kappa shape index (κ3) is 7.54. The molecular weight excluding hydrogens is 496 g/mol. The number of nitrogens with zero attached hydrogens (tertiary/aromatic N) is 8. The van der Waals surface area contributed by atoms with Crippen molar-refractivity contribution < 1.29 is 0 Å². The molecule has 0 aromatic heterocycles. The Balaban J connectivity index is 2.08. The Hall–Kier alpha value is -6.42. The van der Waals surface area contributed by atoms with Gasteiger partial charge in [0.05, 0.1) is 24.2 Å². The molecule has 8 heteroatoms. The quantitative estimate of drug-likeness (QED) is 0.361. The standard InChI is InChI=1S/C32H22N8/c1-3-39(29-13-9-25(10-14-29)31(23-37)27(19-33)20-34)17-7-5-6-8-18-40(4-2)30-15-11-26(12-16-30)32(24-38)28(21-35)22-36/h9-16H,3-4,17-18H2,1-2H3. The summed E-state index contributed by atoms with van der Waals surface area (Å²) in [6.07, 6.45) is 0. The van der Waals surface area contributed by atoms with E-state index in [9.17, 15) is 10.5 Å².